The molecule has 12 heavy (non-hydrogen) atoms. The van der Waals surface area contributed by atoms with Crippen LogP contribution in [0.15, 0.2) is 42.5 Å². The average molecular weight is 160 g/mol. The van der Waals surface area contributed by atoms with Crippen molar-refractivity contribution in [3.63, 3.8) is 0 Å². The topological polar surface area (TPSA) is 9.23 Å². The Labute approximate surface area is 72.7 Å². The van der Waals surface area contributed by atoms with Gasteiger partial charge in [0.25, 0.3) is 0 Å². The van der Waals surface area contributed by atoms with Gasteiger partial charge in [-0.1, -0.05) is 36.9 Å². The van der Waals surface area contributed by atoms with Crippen LogP contribution in [0.4, 0.5) is 0 Å². The molecule has 0 saturated heterocycles. The fourth-order valence-corrected chi connectivity index (χ4v) is 1.60. The minimum absolute atomic E-state index is 0.152. The molecule has 1 aliphatic carbocycles. The Morgan fingerprint density at radius 1 is 1.33 bits per heavy atom. The Bertz CT molecular complexity index is 302. The van der Waals surface area contributed by atoms with Crippen LogP contribution in [-0.4, -0.2) is 7.11 Å². The van der Waals surface area contributed by atoms with E-state index in [1.54, 1.807) is 7.11 Å². The molecule has 1 atom stereocenters. The molecule has 1 aliphatic rings. The first-order valence-corrected chi connectivity index (χ1v) is 4.08. The third-order valence-electron chi connectivity index (χ3n) is 2.50. The van der Waals surface area contributed by atoms with Crippen LogP contribution >= 0.6 is 0 Å². The van der Waals surface area contributed by atoms with Crippen molar-refractivity contribution < 1.29 is 4.74 Å². The lowest BCUT2D eigenvalue weighted by Gasteiger charge is -2.12. The zero-order valence-corrected chi connectivity index (χ0v) is 7.21. The summed E-state index contributed by atoms with van der Waals surface area (Å²) in [6.07, 6.45) is 0.966. The Morgan fingerprint density at radius 3 is 2.33 bits per heavy atom. The molecule has 1 unspecified atom stereocenters. The largest absolute Gasteiger partial charge is 0.369 e. The second-order valence-electron chi connectivity index (χ2n) is 3.18. The molecule has 0 aromatic heterocycles. The van der Waals surface area contributed by atoms with Crippen LogP contribution in [-0.2, 0) is 10.3 Å². The summed E-state index contributed by atoms with van der Waals surface area (Å²) >= 11 is 0. The van der Waals surface area contributed by atoms with Crippen molar-refractivity contribution in [3.05, 3.63) is 48.0 Å². The van der Waals surface area contributed by atoms with Gasteiger partial charge in [0.05, 0.1) is 0 Å². The van der Waals surface area contributed by atoms with Gasteiger partial charge in [-0.15, -0.1) is 0 Å². The van der Waals surface area contributed by atoms with E-state index in [2.05, 4.69) is 18.7 Å². The summed E-state index contributed by atoms with van der Waals surface area (Å²) in [6.45, 7) is 3.94. The van der Waals surface area contributed by atoms with Crippen molar-refractivity contribution in [2.45, 2.75) is 12.0 Å². The van der Waals surface area contributed by atoms with Crippen LogP contribution in [0.2, 0.25) is 0 Å². The monoisotopic (exact) mass is 160 g/mol. The number of benzene rings is 1. The van der Waals surface area contributed by atoms with E-state index in [1.807, 2.05) is 18.2 Å². The van der Waals surface area contributed by atoms with Crippen LogP contribution in [0.3, 0.4) is 0 Å². The molecule has 0 aliphatic heterocycles. The first kappa shape index (κ1) is 7.56. The summed E-state index contributed by atoms with van der Waals surface area (Å²) in [5, 5.41) is 0. The Morgan fingerprint density at radius 2 is 1.92 bits per heavy atom. The fraction of sp³-hybridized carbons (Fsp3) is 0.273. The molecule has 62 valence electrons. The van der Waals surface area contributed by atoms with Crippen LogP contribution in [0.25, 0.3) is 0 Å². The van der Waals surface area contributed by atoms with Crippen molar-refractivity contribution in [1.29, 1.82) is 0 Å². The van der Waals surface area contributed by atoms with Crippen LogP contribution < -0.4 is 0 Å². The number of hydrogen-bond acceptors (Lipinski definition) is 1. The standard InChI is InChI=1S/C11H12O/c1-9-8-11(9,12-2)10-6-4-3-5-7-10/h3-7H,1,8H2,2H3. The number of ether oxygens (including phenoxy) is 1. The van der Waals surface area contributed by atoms with Gasteiger partial charge in [-0.05, 0) is 11.1 Å². The van der Waals surface area contributed by atoms with Crippen molar-refractivity contribution in [2.75, 3.05) is 7.11 Å². The molecule has 0 N–H and O–H groups in total. The molecule has 1 nitrogen and oxygen atoms in total. The number of hydrogen-bond donors (Lipinski definition) is 0. The zero-order chi connectivity index (χ0) is 8.60. The van der Waals surface area contributed by atoms with Gasteiger partial charge in [0, 0.05) is 13.5 Å². The van der Waals surface area contributed by atoms with Gasteiger partial charge in [0.2, 0.25) is 0 Å². The maximum Gasteiger partial charge on any atom is 0.117 e. The van der Waals surface area contributed by atoms with E-state index in [0.29, 0.717) is 0 Å². The van der Waals surface area contributed by atoms with E-state index in [1.165, 1.54) is 11.1 Å². The average Bonchev–Trinajstić information content (AvgIpc) is 2.80. The normalized spacial score (nSPS) is 27.2. The Balaban J connectivity index is 2.37. The molecule has 0 bridgehead atoms. The van der Waals surface area contributed by atoms with Crippen LogP contribution in [0.1, 0.15) is 12.0 Å². The SMILES string of the molecule is C=C1CC1(OC)c1ccccc1. The van der Waals surface area contributed by atoms with Crippen molar-refractivity contribution in [1.82, 2.24) is 0 Å². The lowest BCUT2D eigenvalue weighted by Crippen LogP contribution is -2.08. The summed E-state index contributed by atoms with van der Waals surface area (Å²) in [7, 11) is 1.74. The third-order valence-corrected chi connectivity index (χ3v) is 2.50. The molecular formula is C11H12O. The van der Waals surface area contributed by atoms with Crippen molar-refractivity contribution in [2.24, 2.45) is 0 Å². The molecule has 1 aromatic carbocycles. The van der Waals surface area contributed by atoms with E-state index in [9.17, 15) is 0 Å². The highest BCUT2D eigenvalue weighted by Crippen LogP contribution is 2.53. The van der Waals surface area contributed by atoms with E-state index in [-0.39, 0.29) is 5.60 Å². The quantitative estimate of drug-likeness (QED) is 0.604. The molecule has 1 heteroatoms. The highest BCUT2D eigenvalue weighted by molar-refractivity contribution is 5.44. The van der Waals surface area contributed by atoms with Gasteiger partial charge in [0.1, 0.15) is 5.60 Å². The lowest BCUT2D eigenvalue weighted by molar-refractivity contribution is 0.0912. The maximum atomic E-state index is 5.45. The highest BCUT2D eigenvalue weighted by Gasteiger charge is 2.49. The zero-order valence-electron chi connectivity index (χ0n) is 7.21. The van der Waals surface area contributed by atoms with Gasteiger partial charge in [-0.2, -0.15) is 0 Å². The molecule has 0 spiro atoms. The summed E-state index contributed by atoms with van der Waals surface area (Å²) in [6, 6.07) is 10.2. The predicted molar refractivity (Wildman–Crippen MR) is 48.9 cm³/mol. The number of methoxy groups -OCH3 is 1. The molecule has 2 rings (SSSR count). The smallest absolute Gasteiger partial charge is 0.117 e. The molecular weight excluding hydrogens is 148 g/mol. The van der Waals surface area contributed by atoms with Crippen molar-refractivity contribution >= 4 is 0 Å². The minimum Gasteiger partial charge on any atom is -0.369 e. The van der Waals surface area contributed by atoms with E-state index < -0.39 is 0 Å². The van der Waals surface area contributed by atoms with Crippen molar-refractivity contribution in [3.8, 4) is 0 Å². The van der Waals surface area contributed by atoms with E-state index in [4.69, 9.17) is 4.74 Å². The number of rotatable bonds is 2. The van der Waals surface area contributed by atoms with Crippen LogP contribution in [0, 0.1) is 0 Å². The Kier molecular flexibility index (Phi) is 1.55. The minimum atomic E-state index is -0.152. The molecule has 0 heterocycles. The molecule has 1 fully saturated rings. The van der Waals surface area contributed by atoms with E-state index in [0.717, 1.165) is 6.42 Å². The maximum absolute atomic E-state index is 5.45. The summed E-state index contributed by atoms with van der Waals surface area (Å²) in [4.78, 5) is 0. The second-order valence-corrected chi connectivity index (χ2v) is 3.18. The van der Waals surface area contributed by atoms with Gasteiger partial charge in [-0.3, -0.25) is 0 Å². The fourth-order valence-electron chi connectivity index (χ4n) is 1.60. The van der Waals surface area contributed by atoms with Gasteiger partial charge >= 0.3 is 0 Å². The van der Waals surface area contributed by atoms with Gasteiger partial charge in [-0.25, -0.2) is 0 Å². The lowest BCUT2D eigenvalue weighted by atomic mass is 10.1. The Hall–Kier alpha value is -1.08. The predicted octanol–water partition coefficient (Wildman–Crippen LogP) is 2.49. The molecule has 0 amide bonds. The molecule has 1 saturated carbocycles. The first-order valence-electron chi connectivity index (χ1n) is 4.08. The third kappa shape index (κ3) is 0.901. The van der Waals surface area contributed by atoms with Gasteiger partial charge in [0.15, 0.2) is 0 Å². The second kappa shape index (κ2) is 2.46. The summed E-state index contributed by atoms with van der Waals surface area (Å²) in [5.74, 6) is 0. The summed E-state index contributed by atoms with van der Waals surface area (Å²) in [5.41, 5.74) is 2.25. The van der Waals surface area contributed by atoms with Crippen LogP contribution in [0.5, 0.6) is 0 Å². The molecule has 0 radical (unpaired) electrons. The molecule has 1 aromatic rings. The highest BCUT2D eigenvalue weighted by atomic mass is 16.5. The van der Waals surface area contributed by atoms with Gasteiger partial charge < -0.3 is 4.74 Å². The van der Waals surface area contributed by atoms with E-state index >= 15 is 0 Å². The summed E-state index contributed by atoms with van der Waals surface area (Å²) < 4.78 is 5.45. The first-order chi connectivity index (χ1) is 5.79.